The van der Waals surface area contributed by atoms with E-state index in [0.29, 0.717) is 0 Å². The average molecular weight is 369 g/mol. The minimum absolute atomic E-state index is 0.228. The zero-order valence-corrected chi connectivity index (χ0v) is 18.6. The van der Waals surface area contributed by atoms with Crippen LogP contribution in [0.15, 0.2) is 0 Å². The number of hydroxylamine groups is 1. The lowest BCUT2D eigenvalue weighted by atomic mass is 9.97. The second kappa shape index (κ2) is 19.7. The molecule has 0 aliphatic carbocycles. The molecule has 1 N–H and O–H groups in total. The number of hydrogen-bond donors (Lipinski definition) is 1. The standard InChI is InChI=1S/C24H50NO/c1-4-5-6-7-8-9-10-11-12-13-14-15-16-17-18-19-20-21-22-23-24(2,3)25-26/h25H,4-23H2,1-3H3/q-1. The Kier molecular flexibility index (Phi) is 19.6. The van der Waals surface area contributed by atoms with E-state index in [1.165, 1.54) is 122 Å². The third-order valence-electron chi connectivity index (χ3n) is 5.68. The summed E-state index contributed by atoms with van der Waals surface area (Å²) in [5, 5.41) is 10.7. The quantitative estimate of drug-likeness (QED) is 0.162. The van der Waals surface area contributed by atoms with Crippen molar-refractivity contribution < 1.29 is 0 Å². The van der Waals surface area contributed by atoms with E-state index >= 15 is 0 Å². The SMILES string of the molecule is CCCCCCCCCCCCCCCCCCCCCC(C)(C)N[O-]. The first-order valence-electron chi connectivity index (χ1n) is 12.0. The first kappa shape index (κ1) is 25.9. The van der Waals surface area contributed by atoms with Gasteiger partial charge in [-0.15, -0.1) is 0 Å². The Balaban J connectivity index is 3.05. The molecule has 0 bridgehead atoms. The summed E-state index contributed by atoms with van der Waals surface area (Å²) in [7, 11) is 0. The highest BCUT2D eigenvalue weighted by Gasteiger charge is 2.10. The molecule has 0 aliphatic heterocycles. The minimum atomic E-state index is -0.228. The van der Waals surface area contributed by atoms with Crippen LogP contribution in [0.1, 0.15) is 149 Å². The summed E-state index contributed by atoms with van der Waals surface area (Å²) in [6, 6.07) is 0. The maximum atomic E-state index is 10.7. The van der Waals surface area contributed by atoms with Crippen molar-refractivity contribution >= 4 is 0 Å². The van der Waals surface area contributed by atoms with Crippen LogP contribution in [0.4, 0.5) is 0 Å². The summed E-state index contributed by atoms with van der Waals surface area (Å²) in [6.45, 7) is 6.28. The molecule has 0 spiro atoms. The third kappa shape index (κ3) is 20.2. The van der Waals surface area contributed by atoms with Crippen molar-refractivity contribution in [1.82, 2.24) is 5.48 Å². The van der Waals surface area contributed by atoms with Crippen molar-refractivity contribution in [1.29, 1.82) is 0 Å². The lowest BCUT2D eigenvalue weighted by Crippen LogP contribution is -2.34. The molecule has 0 aromatic rings. The van der Waals surface area contributed by atoms with Gasteiger partial charge in [0.25, 0.3) is 0 Å². The van der Waals surface area contributed by atoms with Crippen LogP contribution in [-0.2, 0) is 0 Å². The molecule has 0 unspecified atom stereocenters. The topological polar surface area (TPSA) is 35.1 Å². The molecule has 26 heavy (non-hydrogen) atoms. The van der Waals surface area contributed by atoms with Crippen LogP contribution in [0.3, 0.4) is 0 Å². The molecule has 2 nitrogen and oxygen atoms in total. The van der Waals surface area contributed by atoms with Gasteiger partial charge in [0.1, 0.15) is 0 Å². The van der Waals surface area contributed by atoms with Gasteiger partial charge in [-0.05, 0) is 20.3 Å². The van der Waals surface area contributed by atoms with Crippen LogP contribution in [0, 0.1) is 5.21 Å². The predicted molar refractivity (Wildman–Crippen MR) is 119 cm³/mol. The highest BCUT2D eigenvalue weighted by atomic mass is 16.5. The zero-order valence-electron chi connectivity index (χ0n) is 18.6. The van der Waals surface area contributed by atoms with E-state index in [1.807, 2.05) is 13.8 Å². The Labute approximate surface area is 165 Å². The predicted octanol–water partition coefficient (Wildman–Crippen LogP) is 8.67. The molecule has 2 heteroatoms. The molecule has 0 aliphatic rings. The van der Waals surface area contributed by atoms with E-state index in [-0.39, 0.29) is 5.54 Å². The van der Waals surface area contributed by atoms with Crippen molar-refractivity contribution in [3.8, 4) is 0 Å². The van der Waals surface area contributed by atoms with Crippen LogP contribution in [-0.4, -0.2) is 5.54 Å². The van der Waals surface area contributed by atoms with E-state index in [2.05, 4.69) is 12.4 Å². The minimum Gasteiger partial charge on any atom is -0.787 e. The van der Waals surface area contributed by atoms with Crippen molar-refractivity contribution in [2.45, 2.75) is 155 Å². The molecule has 0 saturated carbocycles. The Bertz CT molecular complexity index is 265. The van der Waals surface area contributed by atoms with E-state index in [4.69, 9.17) is 0 Å². The van der Waals surface area contributed by atoms with Crippen molar-refractivity contribution in [3.63, 3.8) is 0 Å². The molecule has 0 aromatic carbocycles. The van der Waals surface area contributed by atoms with Gasteiger partial charge in [0, 0.05) is 5.54 Å². The van der Waals surface area contributed by atoms with E-state index in [9.17, 15) is 5.21 Å². The third-order valence-corrected chi connectivity index (χ3v) is 5.68. The van der Waals surface area contributed by atoms with Gasteiger partial charge in [-0.2, -0.15) is 0 Å². The number of unbranched alkanes of at least 4 members (excludes halogenated alkanes) is 18. The fourth-order valence-corrected chi connectivity index (χ4v) is 3.70. The lowest BCUT2D eigenvalue weighted by Gasteiger charge is -2.30. The maximum Gasteiger partial charge on any atom is 0.000819 e. The van der Waals surface area contributed by atoms with Crippen molar-refractivity contribution in [2.24, 2.45) is 0 Å². The summed E-state index contributed by atoms with van der Waals surface area (Å²) in [5.74, 6) is 0. The van der Waals surface area contributed by atoms with Crippen molar-refractivity contribution in [3.05, 3.63) is 5.21 Å². The van der Waals surface area contributed by atoms with Crippen LogP contribution < -0.4 is 5.48 Å². The molecular formula is C24H50NO-. The van der Waals surface area contributed by atoms with Crippen LogP contribution in [0.5, 0.6) is 0 Å². The highest BCUT2D eigenvalue weighted by Crippen LogP contribution is 2.17. The molecule has 0 aromatic heterocycles. The first-order chi connectivity index (χ1) is 12.6. The van der Waals surface area contributed by atoms with Crippen LogP contribution >= 0.6 is 0 Å². The fraction of sp³-hybridized carbons (Fsp3) is 1.00. The second-order valence-corrected chi connectivity index (χ2v) is 9.10. The number of rotatable bonds is 21. The average Bonchev–Trinajstić information content (AvgIpc) is 2.63. The van der Waals surface area contributed by atoms with Gasteiger partial charge < -0.3 is 10.7 Å². The van der Waals surface area contributed by atoms with Gasteiger partial charge >= 0.3 is 0 Å². The maximum absolute atomic E-state index is 10.7. The van der Waals surface area contributed by atoms with Gasteiger partial charge in [-0.3, -0.25) is 0 Å². The summed E-state index contributed by atoms with van der Waals surface area (Å²) < 4.78 is 0. The normalized spacial score (nSPS) is 12.0. The summed E-state index contributed by atoms with van der Waals surface area (Å²) in [4.78, 5) is 0. The van der Waals surface area contributed by atoms with E-state index < -0.39 is 0 Å². The Morgan fingerprint density at radius 3 is 1.04 bits per heavy atom. The largest absolute Gasteiger partial charge is 0.787 e. The van der Waals surface area contributed by atoms with Crippen molar-refractivity contribution in [2.75, 3.05) is 0 Å². The van der Waals surface area contributed by atoms with Crippen LogP contribution in [0.2, 0.25) is 0 Å². The molecule has 0 rings (SSSR count). The number of hydrogen-bond acceptors (Lipinski definition) is 2. The molecule has 0 radical (unpaired) electrons. The van der Waals surface area contributed by atoms with Gasteiger partial charge in [-0.1, -0.05) is 129 Å². The highest BCUT2D eigenvalue weighted by molar-refractivity contribution is 4.76. The summed E-state index contributed by atoms with van der Waals surface area (Å²) in [5.41, 5.74) is 1.92. The Hall–Kier alpha value is -0.0800. The summed E-state index contributed by atoms with van der Waals surface area (Å²) >= 11 is 0. The van der Waals surface area contributed by atoms with Gasteiger partial charge in [-0.25, -0.2) is 0 Å². The lowest BCUT2D eigenvalue weighted by molar-refractivity contribution is 0.387. The molecule has 0 atom stereocenters. The second-order valence-electron chi connectivity index (χ2n) is 9.10. The number of nitrogens with one attached hydrogen (secondary N) is 1. The monoisotopic (exact) mass is 368 g/mol. The molecule has 0 fully saturated rings. The molecule has 0 amide bonds. The van der Waals surface area contributed by atoms with Gasteiger partial charge in [0.2, 0.25) is 0 Å². The van der Waals surface area contributed by atoms with E-state index in [0.717, 1.165) is 6.42 Å². The first-order valence-corrected chi connectivity index (χ1v) is 12.0. The van der Waals surface area contributed by atoms with Crippen LogP contribution in [0.25, 0.3) is 0 Å². The molecular weight excluding hydrogens is 318 g/mol. The van der Waals surface area contributed by atoms with Gasteiger partial charge in [0.15, 0.2) is 0 Å². The summed E-state index contributed by atoms with van der Waals surface area (Å²) in [6.07, 6.45) is 27.8. The molecule has 0 saturated heterocycles. The fourth-order valence-electron chi connectivity index (χ4n) is 3.70. The zero-order chi connectivity index (χ0) is 19.3. The Morgan fingerprint density at radius 2 is 0.769 bits per heavy atom. The smallest absolute Gasteiger partial charge is 0.000819 e. The van der Waals surface area contributed by atoms with E-state index in [1.54, 1.807) is 0 Å². The molecule has 0 heterocycles. The van der Waals surface area contributed by atoms with Gasteiger partial charge in [0.05, 0.1) is 0 Å². The Morgan fingerprint density at radius 1 is 0.500 bits per heavy atom. The molecule has 158 valence electrons.